The number of amides is 1. The van der Waals surface area contributed by atoms with E-state index in [1.807, 2.05) is 36.4 Å². The van der Waals surface area contributed by atoms with Crippen LogP contribution in [0.25, 0.3) is 0 Å². The zero-order chi connectivity index (χ0) is 26.2. The van der Waals surface area contributed by atoms with E-state index in [1.165, 1.54) is 11.3 Å². The number of benzene rings is 2. The summed E-state index contributed by atoms with van der Waals surface area (Å²) < 4.78 is 10.6. The smallest absolute Gasteiger partial charge is 0.223 e. The minimum atomic E-state index is 0.0384. The first-order valence-electron chi connectivity index (χ1n) is 13.4. The summed E-state index contributed by atoms with van der Waals surface area (Å²) in [6.45, 7) is 5.62. The molecule has 5 rings (SSSR count). The van der Waals surface area contributed by atoms with Gasteiger partial charge >= 0.3 is 0 Å². The highest BCUT2D eigenvalue weighted by Gasteiger charge is 2.25. The Morgan fingerprint density at radius 3 is 2.32 bits per heavy atom. The van der Waals surface area contributed by atoms with Crippen LogP contribution in [0.2, 0.25) is 0 Å². The van der Waals surface area contributed by atoms with Crippen molar-refractivity contribution in [2.45, 2.75) is 19.3 Å². The van der Waals surface area contributed by atoms with Crippen molar-refractivity contribution in [1.82, 2.24) is 15.5 Å². The maximum Gasteiger partial charge on any atom is 0.223 e. The van der Waals surface area contributed by atoms with Crippen LogP contribution in [0.3, 0.4) is 0 Å². The average Bonchev–Trinajstić information content (AvgIpc) is 2.99. The van der Waals surface area contributed by atoms with E-state index in [9.17, 15) is 4.79 Å². The van der Waals surface area contributed by atoms with Crippen molar-refractivity contribution >= 4 is 28.9 Å². The van der Waals surface area contributed by atoms with Crippen molar-refractivity contribution in [3.63, 3.8) is 0 Å². The zero-order valence-electron chi connectivity index (χ0n) is 21.9. The molecule has 200 valence electrons. The van der Waals surface area contributed by atoms with Crippen LogP contribution in [-0.4, -0.2) is 69.2 Å². The largest absolute Gasteiger partial charge is 0.497 e. The Kier molecular flexibility index (Phi) is 8.55. The van der Waals surface area contributed by atoms with E-state index in [0.29, 0.717) is 12.4 Å². The van der Waals surface area contributed by atoms with Gasteiger partial charge in [-0.25, -0.2) is 0 Å². The number of carbonyl (C=O) groups excluding carboxylic acids is 1. The molecule has 0 radical (unpaired) electrons. The number of aromatic nitrogens is 2. The van der Waals surface area contributed by atoms with Crippen LogP contribution in [0.5, 0.6) is 5.75 Å². The van der Waals surface area contributed by atoms with Gasteiger partial charge in [-0.05, 0) is 73.4 Å². The summed E-state index contributed by atoms with van der Waals surface area (Å²) in [7, 11) is 1.66. The Bertz CT molecular complexity index is 1160. The summed E-state index contributed by atoms with van der Waals surface area (Å²) in [5.41, 5.74) is 3.36. The zero-order valence-corrected chi connectivity index (χ0v) is 21.9. The van der Waals surface area contributed by atoms with E-state index in [-0.39, 0.29) is 11.8 Å². The standard InChI is InChI=1S/C29H36N6O3/c1-37-26-8-2-22(3-9-26)12-15-30-29(36)23-13-16-35(17-14-23)28-11-10-27(32-33-28)31-24-4-6-25(7-5-24)34-18-20-38-21-19-34/h2-11,23H,12-21H2,1H3,(H,30,36)(H,31,32). The molecular formula is C29H36N6O3. The molecule has 2 saturated heterocycles. The maximum absolute atomic E-state index is 12.7. The molecule has 3 aromatic rings. The van der Waals surface area contributed by atoms with Gasteiger partial charge in [0.05, 0.1) is 20.3 Å². The molecule has 38 heavy (non-hydrogen) atoms. The lowest BCUT2D eigenvalue weighted by Gasteiger charge is -2.31. The van der Waals surface area contributed by atoms with Gasteiger partial charge < -0.3 is 29.9 Å². The fourth-order valence-corrected chi connectivity index (χ4v) is 4.92. The third-order valence-corrected chi connectivity index (χ3v) is 7.23. The van der Waals surface area contributed by atoms with Crippen LogP contribution in [0.1, 0.15) is 18.4 Å². The van der Waals surface area contributed by atoms with Crippen LogP contribution >= 0.6 is 0 Å². The fraction of sp³-hybridized carbons (Fsp3) is 0.414. The molecule has 2 aromatic carbocycles. The number of nitrogens with zero attached hydrogens (tertiary/aromatic N) is 4. The second-order valence-electron chi connectivity index (χ2n) is 9.70. The van der Waals surface area contributed by atoms with Crippen molar-refractivity contribution in [3.05, 3.63) is 66.2 Å². The molecule has 0 saturated carbocycles. The first kappa shape index (κ1) is 25.8. The predicted octanol–water partition coefficient (Wildman–Crippen LogP) is 3.64. The Morgan fingerprint density at radius 1 is 0.921 bits per heavy atom. The van der Waals surface area contributed by atoms with Crippen molar-refractivity contribution in [1.29, 1.82) is 0 Å². The van der Waals surface area contributed by atoms with Gasteiger partial charge in [0.1, 0.15) is 5.75 Å². The van der Waals surface area contributed by atoms with Gasteiger partial charge in [0.2, 0.25) is 5.91 Å². The third kappa shape index (κ3) is 6.72. The Labute approximate surface area is 224 Å². The van der Waals surface area contributed by atoms with E-state index in [1.54, 1.807) is 7.11 Å². The van der Waals surface area contributed by atoms with E-state index in [2.05, 4.69) is 54.9 Å². The molecule has 3 heterocycles. The lowest BCUT2D eigenvalue weighted by molar-refractivity contribution is -0.125. The molecule has 0 atom stereocenters. The second-order valence-corrected chi connectivity index (χ2v) is 9.70. The van der Waals surface area contributed by atoms with Gasteiger partial charge in [0, 0.05) is 50.0 Å². The first-order chi connectivity index (χ1) is 18.7. The van der Waals surface area contributed by atoms with Gasteiger partial charge in [-0.3, -0.25) is 4.79 Å². The monoisotopic (exact) mass is 516 g/mol. The summed E-state index contributed by atoms with van der Waals surface area (Å²) in [5, 5.41) is 15.2. The normalized spacial score (nSPS) is 16.2. The highest BCUT2D eigenvalue weighted by Crippen LogP contribution is 2.24. The van der Waals surface area contributed by atoms with Crippen molar-refractivity contribution in [3.8, 4) is 5.75 Å². The minimum absolute atomic E-state index is 0.0384. The molecule has 9 nitrogen and oxygen atoms in total. The van der Waals surface area contributed by atoms with Gasteiger partial charge in [0.25, 0.3) is 0 Å². The molecular weight excluding hydrogens is 480 g/mol. The van der Waals surface area contributed by atoms with Gasteiger partial charge in [0.15, 0.2) is 11.6 Å². The Hall–Kier alpha value is -3.85. The van der Waals surface area contributed by atoms with Crippen molar-refractivity contribution in [2.75, 3.05) is 68.2 Å². The van der Waals surface area contributed by atoms with Crippen LogP contribution in [-0.2, 0) is 16.0 Å². The lowest BCUT2D eigenvalue weighted by Crippen LogP contribution is -2.41. The highest BCUT2D eigenvalue weighted by molar-refractivity contribution is 5.79. The van der Waals surface area contributed by atoms with Crippen LogP contribution in [0, 0.1) is 5.92 Å². The number of hydrogen-bond acceptors (Lipinski definition) is 8. The molecule has 2 N–H and O–H groups in total. The summed E-state index contributed by atoms with van der Waals surface area (Å²) >= 11 is 0. The molecule has 2 aliphatic heterocycles. The summed E-state index contributed by atoms with van der Waals surface area (Å²) in [5.74, 6) is 2.57. The molecule has 0 aliphatic carbocycles. The number of carbonyl (C=O) groups is 1. The SMILES string of the molecule is COc1ccc(CCNC(=O)C2CCN(c3ccc(Nc4ccc(N5CCOCC5)cc4)nn3)CC2)cc1. The third-order valence-electron chi connectivity index (χ3n) is 7.23. The molecule has 0 unspecified atom stereocenters. The van der Waals surface area contributed by atoms with E-state index < -0.39 is 0 Å². The molecule has 9 heteroatoms. The quantitative estimate of drug-likeness (QED) is 0.446. The summed E-state index contributed by atoms with van der Waals surface area (Å²) in [6, 6.07) is 20.3. The number of morpholine rings is 1. The molecule has 2 aliphatic rings. The number of anilines is 4. The van der Waals surface area contributed by atoms with Gasteiger partial charge in [-0.1, -0.05) is 12.1 Å². The molecule has 2 fully saturated rings. The Balaban J connectivity index is 1.05. The molecule has 0 spiro atoms. The number of hydrogen-bond donors (Lipinski definition) is 2. The molecule has 1 aromatic heterocycles. The Morgan fingerprint density at radius 2 is 1.66 bits per heavy atom. The minimum Gasteiger partial charge on any atom is -0.497 e. The number of piperidine rings is 1. The number of nitrogens with one attached hydrogen (secondary N) is 2. The van der Waals surface area contributed by atoms with Crippen LogP contribution < -0.4 is 25.2 Å². The maximum atomic E-state index is 12.7. The number of ether oxygens (including phenoxy) is 2. The average molecular weight is 517 g/mol. The topological polar surface area (TPSA) is 91.9 Å². The number of methoxy groups -OCH3 is 1. The second kappa shape index (κ2) is 12.6. The van der Waals surface area contributed by atoms with E-state index in [0.717, 1.165) is 75.9 Å². The number of rotatable bonds is 9. The summed E-state index contributed by atoms with van der Waals surface area (Å²) in [6.07, 6.45) is 2.43. The molecule has 0 bridgehead atoms. The van der Waals surface area contributed by atoms with E-state index >= 15 is 0 Å². The van der Waals surface area contributed by atoms with Crippen LogP contribution in [0.4, 0.5) is 23.0 Å². The van der Waals surface area contributed by atoms with Crippen LogP contribution in [0.15, 0.2) is 60.7 Å². The summed E-state index contributed by atoms with van der Waals surface area (Å²) in [4.78, 5) is 17.2. The predicted molar refractivity (Wildman–Crippen MR) is 149 cm³/mol. The van der Waals surface area contributed by atoms with Crippen molar-refractivity contribution in [2.24, 2.45) is 5.92 Å². The molecule has 1 amide bonds. The van der Waals surface area contributed by atoms with Gasteiger partial charge in [-0.2, -0.15) is 0 Å². The van der Waals surface area contributed by atoms with Crippen molar-refractivity contribution < 1.29 is 14.3 Å². The lowest BCUT2D eigenvalue weighted by atomic mass is 9.96. The van der Waals surface area contributed by atoms with E-state index in [4.69, 9.17) is 9.47 Å². The van der Waals surface area contributed by atoms with Gasteiger partial charge in [-0.15, -0.1) is 10.2 Å². The first-order valence-corrected chi connectivity index (χ1v) is 13.4. The fourth-order valence-electron chi connectivity index (χ4n) is 4.92. The highest BCUT2D eigenvalue weighted by atomic mass is 16.5.